The molecule has 1 aliphatic heterocycles. The molecule has 0 radical (unpaired) electrons. The summed E-state index contributed by atoms with van der Waals surface area (Å²) < 4.78 is 0. The molecule has 7 heteroatoms. The van der Waals surface area contributed by atoms with Crippen molar-refractivity contribution >= 4 is 46.2 Å². The number of benzene rings is 2. The summed E-state index contributed by atoms with van der Waals surface area (Å²) in [6.07, 6.45) is 5.08. The Morgan fingerprint density at radius 2 is 1.80 bits per heavy atom. The van der Waals surface area contributed by atoms with E-state index in [2.05, 4.69) is 17.5 Å². The number of anilines is 1. The van der Waals surface area contributed by atoms with Crippen molar-refractivity contribution in [3.63, 3.8) is 0 Å². The van der Waals surface area contributed by atoms with Gasteiger partial charge in [0.2, 0.25) is 0 Å². The minimum absolute atomic E-state index is 0.0201. The first-order valence-corrected chi connectivity index (χ1v) is 8.95. The molecule has 128 valence electrons. The number of halogens is 3. The predicted molar refractivity (Wildman–Crippen MR) is 101 cm³/mol. The molecule has 2 aliphatic rings. The van der Waals surface area contributed by atoms with Crippen LogP contribution in [0, 0.1) is 16.0 Å². The fraction of sp³-hybridized carbons (Fsp3) is 0.222. The normalized spacial score (nSPS) is 23.7. The van der Waals surface area contributed by atoms with E-state index in [0.717, 1.165) is 17.7 Å². The molecule has 0 aromatic heterocycles. The van der Waals surface area contributed by atoms with Crippen LogP contribution in [0.3, 0.4) is 0 Å². The van der Waals surface area contributed by atoms with Crippen molar-refractivity contribution in [3.8, 4) is 0 Å². The van der Waals surface area contributed by atoms with E-state index < -0.39 is 4.92 Å². The molecule has 4 rings (SSSR count). The molecule has 2 aromatic carbocycles. The highest BCUT2D eigenvalue weighted by Gasteiger charge is 2.40. The molecule has 25 heavy (non-hydrogen) atoms. The van der Waals surface area contributed by atoms with Crippen LogP contribution in [0.25, 0.3) is 0 Å². The van der Waals surface area contributed by atoms with Gasteiger partial charge in [0, 0.05) is 39.2 Å². The maximum Gasteiger partial charge on any atom is 0.269 e. The molecule has 0 saturated heterocycles. The van der Waals surface area contributed by atoms with Gasteiger partial charge in [-0.1, -0.05) is 47.0 Å². The first-order valence-electron chi connectivity index (χ1n) is 7.82. The second kappa shape index (κ2) is 6.20. The van der Waals surface area contributed by atoms with Crippen LogP contribution in [-0.4, -0.2) is 4.92 Å². The molecule has 0 fully saturated rings. The van der Waals surface area contributed by atoms with Gasteiger partial charge in [0.25, 0.3) is 5.69 Å². The summed E-state index contributed by atoms with van der Waals surface area (Å²) in [6, 6.07) is 7.89. The van der Waals surface area contributed by atoms with Crippen molar-refractivity contribution in [1.82, 2.24) is 0 Å². The van der Waals surface area contributed by atoms with Gasteiger partial charge in [-0.05, 0) is 30.5 Å². The zero-order valence-electron chi connectivity index (χ0n) is 12.9. The standard InChI is InChI=1S/C18H13Cl3N2O2/c19-13-5-4-9(23(24)25)8-12(13)17-11-3-1-2-10(11)16-14(20)6-7-15(21)18(16)22-17/h1-2,4-8,10-11,17,22H,3H2/t10-,11+,17-/m1/s1. The van der Waals surface area contributed by atoms with Crippen LogP contribution in [0.5, 0.6) is 0 Å². The topological polar surface area (TPSA) is 55.2 Å². The Morgan fingerprint density at radius 1 is 1.08 bits per heavy atom. The van der Waals surface area contributed by atoms with Crippen LogP contribution < -0.4 is 5.32 Å². The number of non-ortho nitro benzene ring substituents is 1. The van der Waals surface area contributed by atoms with Crippen molar-refractivity contribution < 1.29 is 4.92 Å². The Labute approximate surface area is 159 Å². The van der Waals surface area contributed by atoms with Crippen molar-refractivity contribution in [2.45, 2.75) is 18.4 Å². The Hall–Kier alpha value is -1.75. The van der Waals surface area contributed by atoms with Crippen LogP contribution in [0.1, 0.15) is 29.5 Å². The lowest BCUT2D eigenvalue weighted by molar-refractivity contribution is -0.384. The van der Waals surface area contributed by atoms with Gasteiger partial charge in [0.15, 0.2) is 0 Å². The first kappa shape index (κ1) is 16.7. The average Bonchev–Trinajstić information content (AvgIpc) is 3.07. The highest BCUT2D eigenvalue weighted by atomic mass is 35.5. The van der Waals surface area contributed by atoms with Crippen molar-refractivity contribution in [2.75, 3.05) is 5.32 Å². The Morgan fingerprint density at radius 3 is 2.56 bits per heavy atom. The highest BCUT2D eigenvalue weighted by Crippen LogP contribution is 2.54. The van der Waals surface area contributed by atoms with E-state index in [4.69, 9.17) is 34.8 Å². The van der Waals surface area contributed by atoms with E-state index in [1.165, 1.54) is 6.07 Å². The zero-order valence-corrected chi connectivity index (χ0v) is 15.1. The molecule has 1 N–H and O–H groups in total. The largest absolute Gasteiger partial charge is 0.376 e. The summed E-state index contributed by atoms with van der Waals surface area (Å²) in [6.45, 7) is 0. The third-order valence-corrected chi connectivity index (χ3v) is 5.93. The van der Waals surface area contributed by atoms with E-state index in [1.807, 2.05) is 0 Å². The van der Waals surface area contributed by atoms with Crippen LogP contribution in [-0.2, 0) is 0 Å². The quantitative estimate of drug-likeness (QED) is 0.364. The summed E-state index contributed by atoms with van der Waals surface area (Å²) in [4.78, 5) is 10.8. The summed E-state index contributed by atoms with van der Waals surface area (Å²) in [5.74, 6) is 0.269. The van der Waals surface area contributed by atoms with Crippen LogP contribution in [0.2, 0.25) is 15.1 Å². The minimum Gasteiger partial charge on any atom is -0.376 e. The van der Waals surface area contributed by atoms with E-state index in [1.54, 1.807) is 24.3 Å². The molecular weight excluding hydrogens is 383 g/mol. The van der Waals surface area contributed by atoms with Crippen molar-refractivity contribution in [2.24, 2.45) is 5.92 Å². The molecule has 0 unspecified atom stereocenters. The maximum absolute atomic E-state index is 11.2. The fourth-order valence-electron chi connectivity index (χ4n) is 3.82. The predicted octanol–water partition coefficient (Wildman–Crippen LogP) is 6.38. The summed E-state index contributed by atoms with van der Waals surface area (Å²) in [5, 5.41) is 16.3. The molecule has 0 bridgehead atoms. The summed E-state index contributed by atoms with van der Waals surface area (Å²) >= 11 is 19.2. The zero-order chi connectivity index (χ0) is 17.7. The van der Waals surface area contributed by atoms with Gasteiger partial charge < -0.3 is 5.32 Å². The average molecular weight is 396 g/mol. The number of allylic oxidation sites excluding steroid dienone is 2. The van der Waals surface area contributed by atoms with Gasteiger partial charge in [0.1, 0.15) is 0 Å². The lowest BCUT2D eigenvalue weighted by Gasteiger charge is -2.38. The van der Waals surface area contributed by atoms with Crippen LogP contribution >= 0.6 is 34.8 Å². The Bertz CT molecular complexity index is 913. The molecular formula is C18H13Cl3N2O2. The molecule has 0 amide bonds. The monoisotopic (exact) mass is 394 g/mol. The second-order valence-electron chi connectivity index (χ2n) is 6.26. The van der Waals surface area contributed by atoms with Crippen LogP contribution in [0.4, 0.5) is 11.4 Å². The second-order valence-corrected chi connectivity index (χ2v) is 7.48. The Balaban J connectivity index is 1.87. The van der Waals surface area contributed by atoms with E-state index in [9.17, 15) is 10.1 Å². The van der Waals surface area contributed by atoms with Gasteiger partial charge in [-0.2, -0.15) is 0 Å². The van der Waals surface area contributed by atoms with Crippen LogP contribution in [0.15, 0.2) is 42.5 Å². The van der Waals surface area contributed by atoms with Crippen molar-refractivity contribution in [1.29, 1.82) is 0 Å². The number of hydrogen-bond acceptors (Lipinski definition) is 3. The third-order valence-electron chi connectivity index (χ3n) is 4.94. The van der Waals surface area contributed by atoms with Gasteiger partial charge in [-0.3, -0.25) is 10.1 Å². The molecule has 0 saturated carbocycles. The number of nitro groups is 1. The fourth-order valence-corrected chi connectivity index (χ4v) is 4.56. The molecule has 0 spiro atoms. The number of rotatable bonds is 2. The maximum atomic E-state index is 11.2. The summed E-state index contributed by atoms with van der Waals surface area (Å²) in [7, 11) is 0. The molecule has 1 heterocycles. The highest BCUT2D eigenvalue weighted by molar-refractivity contribution is 6.36. The van der Waals surface area contributed by atoms with E-state index in [-0.39, 0.29) is 23.6 Å². The molecule has 4 nitrogen and oxygen atoms in total. The summed E-state index contributed by atoms with van der Waals surface area (Å²) in [5.41, 5.74) is 2.48. The smallest absolute Gasteiger partial charge is 0.269 e. The number of hydrogen-bond donors (Lipinski definition) is 1. The first-order chi connectivity index (χ1) is 12.0. The number of nitrogens with zero attached hydrogens (tertiary/aromatic N) is 1. The third kappa shape index (κ3) is 2.69. The van der Waals surface area contributed by atoms with Gasteiger partial charge in [-0.25, -0.2) is 0 Å². The number of nitrogens with one attached hydrogen (secondary N) is 1. The minimum atomic E-state index is -0.412. The molecule has 3 atom stereocenters. The lowest BCUT2D eigenvalue weighted by Crippen LogP contribution is -2.29. The number of nitro benzene ring substituents is 1. The molecule has 1 aliphatic carbocycles. The van der Waals surface area contributed by atoms with Gasteiger partial charge in [0.05, 0.1) is 21.7 Å². The van der Waals surface area contributed by atoms with E-state index >= 15 is 0 Å². The van der Waals surface area contributed by atoms with E-state index in [0.29, 0.717) is 20.6 Å². The number of fused-ring (bicyclic) bond motifs is 3. The van der Waals surface area contributed by atoms with Gasteiger partial charge in [-0.15, -0.1) is 0 Å². The van der Waals surface area contributed by atoms with Gasteiger partial charge >= 0.3 is 0 Å². The lowest BCUT2D eigenvalue weighted by atomic mass is 9.77. The molecule has 2 aromatic rings. The Kier molecular flexibility index (Phi) is 4.14. The van der Waals surface area contributed by atoms with Crippen molar-refractivity contribution in [3.05, 3.63) is 78.8 Å². The SMILES string of the molecule is O=[N+]([O-])c1ccc(Cl)c([C@@H]2Nc3c(Cl)ccc(Cl)c3[C@@H]3C=CC[C@@H]32)c1.